The van der Waals surface area contributed by atoms with E-state index >= 15 is 0 Å². The van der Waals surface area contributed by atoms with Crippen LogP contribution in [0.15, 0.2) is 0 Å². The fourth-order valence-corrected chi connectivity index (χ4v) is 3.80. The van der Waals surface area contributed by atoms with Crippen molar-refractivity contribution in [2.24, 2.45) is 0 Å². The molecule has 0 unspecified atom stereocenters. The van der Waals surface area contributed by atoms with Gasteiger partial charge in [0.05, 0.1) is 6.54 Å². The van der Waals surface area contributed by atoms with Crippen LogP contribution in [0.4, 0.5) is 0 Å². The van der Waals surface area contributed by atoms with Crippen molar-refractivity contribution in [3.8, 4) is 0 Å². The number of likely N-dealkylation sites (N-methyl/N-ethyl adjacent to an activating group) is 1. The standard InChI is InChI=1S/C13H27N3/c1-2-15-8-10-16(11-9-15)13(12-14)6-4-3-5-7-13/h2-12,14H2,1H3/p+3. The predicted molar refractivity (Wildman–Crippen MR) is 65.5 cm³/mol. The molecule has 0 amide bonds. The Kier molecular flexibility index (Phi) is 4.22. The fourth-order valence-electron chi connectivity index (χ4n) is 3.80. The molecular formula is C13H30N3+3. The Morgan fingerprint density at radius 3 is 2.12 bits per heavy atom. The summed E-state index contributed by atoms with van der Waals surface area (Å²) in [7, 11) is 0. The minimum absolute atomic E-state index is 0.567. The number of quaternary nitrogens is 3. The second-order valence-electron chi connectivity index (χ2n) is 5.80. The van der Waals surface area contributed by atoms with Crippen LogP contribution < -0.4 is 15.5 Å². The summed E-state index contributed by atoms with van der Waals surface area (Å²) in [5.74, 6) is 0. The van der Waals surface area contributed by atoms with Gasteiger partial charge in [-0.2, -0.15) is 0 Å². The van der Waals surface area contributed by atoms with Crippen LogP contribution in [0.2, 0.25) is 0 Å². The summed E-state index contributed by atoms with van der Waals surface area (Å²) < 4.78 is 0. The van der Waals surface area contributed by atoms with Gasteiger partial charge in [-0.25, -0.2) is 0 Å². The van der Waals surface area contributed by atoms with E-state index in [1.54, 1.807) is 4.90 Å². The molecular weight excluding hydrogens is 198 g/mol. The highest BCUT2D eigenvalue weighted by molar-refractivity contribution is 4.81. The second kappa shape index (κ2) is 5.48. The number of hydrogen-bond acceptors (Lipinski definition) is 0. The summed E-state index contributed by atoms with van der Waals surface area (Å²) in [5, 5.41) is 0. The minimum Gasteiger partial charge on any atom is -0.352 e. The molecule has 0 aromatic heterocycles. The molecule has 0 bridgehead atoms. The predicted octanol–water partition coefficient (Wildman–Crippen LogP) is -2.27. The molecule has 16 heavy (non-hydrogen) atoms. The van der Waals surface area contributed by atoms with Crippen LogP contribution in [0.1, 0.15) is 39.0 Å². The van der Waals surface area contributed by atoms with Crippen LogP contribution in [0.5, 0.6) is 0 Å². The third-order valence-corrected chi connectivity index (χ3v) is 5.10. The van der Waals surface area contributed by atoms with Gasteiger partial charge in [0.15, 0.2) is 0 Å². The molecule has 2 rings (SSSR count). The van der Waals surface area contributed by atoms with Crippen molar-refractivity contribution in [2.75, 3.05) is 39.3 Å². The van der Waals surface area contributed by atoms with Crippen molar-refractivity contribution >= 4 is 0 Å². The number of piperazine rings is 1. The van der Waals surface area contributed by atoms with Crippen molar-refractivity contribution in [1.29, 1.82) is 0 Å². The maximum atomic E-state index is 4.27. The Morgan fingerprint density at radius 2 is 1.62 bits per heavy atom. The molecule has 1 aliphatic carbocycles. The Morgan fingerprint density at radius 1 is 1.00 bits per heavy atom. The first-order chi connectivity index (χ1) is 7.80. The summed E-state index contributed by atoms with van der Waals surface area (Å²) in [6.45, 7) is 10.3. The lowest BCUT2D eigenvalue weighted by molar-refractivity contribution is -1.04. The van der Waals surface area contributed by atoms with E-state index in [0.29, 0.717) is 5.54 Å². The quantitative estimate of drug-likeness (QED) is 0.488. The van der Waals surface area contributed by atoms with Crippen molar-refractivity contribution in [2.45, 2.75) is 44.6 Å². The van der Waals surface area contributed by atoms with Gasteiger partial charge in [0, 0.05) is 12.8 Å². The molecule has 0 aromatic rings. The van der Waals surface area contributed by atoms with Gasteiger partial charge in [0.2, 0.25) is 0 Å². The molecule has 0 spiro atoms. The lowest BCUT2D eigenvalue weighted by Crippen LogP contribution is -3.32. The minimum atomic E-state index is 0.567. The summed E-state index contributed by atoms with van der Waals surface area (Å²) in [5.41, 5.74) is 4.84. The Hall–Kier alpha value is -0.120. The van der Waals surface area contributed by atoms with Gasteiger partial charge in [0.25, 0.3) is 0 Å². The molecule has 5 N–H and O–H groups in total. The number of nitrogens with one attached hydrogen (secondary N) is 2. The topological polar surface area (TPSA) is 36.5 Å². The molecule has 1 aliphatic heterocycles. The third-order valence-electron chi connectivity index (χ3n) is 5.10. The average molecular weight is 228 g/mol. The van der Waals surface area contributed by atoms with Gasteiger partial charge in [0.1, 0.15) is 38.3 Å². The van der Waals surface area contributed by atoms with Crippen LogP contribution in [0.25, 0.3) is 0 Å². The highest BCUT2D eigenvalue weighted by Gasteiger charge is 2.44. The fraction of sp³-hybridized carbons (Fsp3) is 1.00. The SMILES string of the molecule is CC[NH+]1CC[NH+](C2(C[NH3+])CCCCC2)CC1. The molecule has 1 saturated carbocycles. The smallest absolute Gasteiger partial charge is 0.147 e. The van der Waals surface area contributed by atoms with Crippen molar-refractivity contribution in [3.05, 3.63) is 0 Å². The van der Waals surface area contributed by atoms with Gasteiger partial charge in [-0.3, -0.25) is 0 Å². The summed E-state index contributed by atoms with van der Waals surface area (Å²) in [4.78, 5) is 3.69. The number of hydrogen-bond donors (Lipinski definition) is 3. The first kappa shape index (κ1) is 12.3. The maximum absolute atomic E-state index is 4.27. The Labute approximate surface area is 100.0 Å². The van der Waals surface area contributed by atoms with E-state index in [1.165, 1.54) is 64.8 Å². The molecule has 3 nitrogen and oxygen atoms in total. The zero-order valence-corrected chi connectivity index (χ0v) is 11.0. The molecule has 94 valence electrons. The van der Waals surface area contributed by atoms with Gasteiger partial charge < -0.3 is 15.5 Å². The van der Waals surface area contributed by atoms with Crippen LogP contribution in [-0.4, -0.2) is 44.8 Å². The van der Waals surface area contributed by atoms with E-state index in [-0.39, 0.29) is 0 Å². The highest BCUT2D eigenvalue weighted by Crippen LogP contribution is 2.24. The largest absolute Gasteiger partial charge is 0.352 e. The van der Waals surface area contributed by atoms with E-state index in [1.807, 2.05) is 4.90 Å². The summed E-state index contributed by atoms with van der Waals surface area (Å²) in [6, 6.07) is 0. The maximum Gasteiger partial charge on any atom is 0.147 e. The Bertz CT molecular complexity index is 203. The molecule has 2 fully saturated rings. The molecule has 0 atom stereocenters. The Balaban J connectivity index is 1.94. The molecule has 1 saturated heterocycles. The first-order valence-electron chi connectivity index (χ1n) is 7.29. The van der Waals surface area contributed by atoms with Crippen LogP contribution in [-0.2, 0) is 0 Å². The molecule has 1 heterocycles. The van der Waals surface area contributed by atoms with E-state index < -0.39 is 0 Å². The molecule has 2 aliphatic rings. The van der Waals surface area contributed by atoms with Gasteiger partial charge >= 0.3 is 0 Å². The van der Waals surface area contributed by atoms with Crippen molar-refractivity contribution < 1.29 is 15.5 Å². The molecule has 0 aromatic carbocycles. The lowest BCUT2D eigenvalue weighted by atomic mass is 9.80. The normalized spacial score (nSPS) is 34.9. The summed E-state index contributed by atoms with van der Waals surface area (Å²) >= 11 is 0. The average Bonchev–Trinajstić information content (AvgIpc) is 2.39. The van der Waals surface area contributed by atoms with Crippen LogP contribution >= 0.6 is 0 Å². The van der Waals surface area contributed by atoms with E-state index in [9.17, 15) is 0 Å². The van der Waals surface area contributed by atoms with Crippen LogP contribution in [0.3, 0.4) is 0 Å². The van der Waals surface area contributed by atoms with Crippen LogP contribution in [0, 0.1) is 0 Å². The summed E-state index contributed by atoms with van der Waals surface area (Å²) in [6.07, 6.45) is 7.23. The van der Waals surface area contributed by atoms with E-state index in [0.717, 1.165) is 6.54 Å². The van der Waals surface area contributed by atoms with Crippen molar-refractivity contribution in [3.63, 3.8) is 0 Å². The number of rotatable bonds is 3. The van der Waals surface area contributed by atoms with Gasteiger partial charge in [-0.1, -0.05) is 6.42 Å². The highest BCUT2D eigenvalue weighted by atomic mass is 15.3. The van der Waals surface area contributed by atoms with Gasteiger partial charge in [-0.15, -0.1) is 0 Å². The monoisotopic (exact) mass is 228 g/mol. The first-order valence-corrected chi connectivity index (χ1v) is 7.29. The zero-order chi connectivity index (χ0) is 11.4. The second-order valence-corrected chi connectivity index (χ2v) is 5.80. The molecule has 3 heteroatoms. The molecule has 0 radical (unpaired) electrons. The van der Waals surface area contributed by atoms with E-state index in [4.69, 9.17) is 0 Å². The van der Waals surface area contributed by atoms with E-state index in [2.05, 4.69) is 12.7 Å². The van der Waals surface area contributed by atoms with Gasteiger partial charge in [-0.05, 0) is 19.8 Å². The van der Waals surface area contributed by atoms with Crippen molar-refractivity contribution in [1.82, 2.24) is 0 Å². The zero-order valence-electron chi connectivity index (χ0n) is 11.0. The lowest BCUT2D eigenvalue weighted by Gasteiger charge is -2.43. The third kappa shape index (κ3) is 2.41.